The molecule has 0 fully saturated rings. The van der Waals surface area contributed by atoms with E-state index in [0.717, 1.165) is 43.4 Å². The van der Waals surface area contributed by atoms with Crippen LogP contribution in [0.15, 0.2) is 53.7 Å². The molecule has 2 aromatic rings. The molecule has 0 spiro atoms. The molecule has 0 atom stereocenters. The number of ether oxygens (including phenoxy) is 1. The Labute approximate surface area is 144 Å². The minimum atomic E-state index is 0.714. The highest BCUT2D eigenvalue weighted by atomic mass is 16.5. The fourth-order valence-electron chi connectivity index (χ4n) is 2.31. The van der Waals surface area contributed by atoms with Crippen LogP contribution in [0, 0.1) is 0 Å². The summed E-state index contributed by atoms with van der Waals surface area (Å²) in [4.78, 5) is 8.64. The van der Waals surface area contributed by atoms with E-state index < -0.39 is 0 Å². The lowest BCUT2D eigenvalue weighted by molar-refractivity contribution is 0.145. The molecule has 2 N–H and O–H groups in total. The monoisotopic (exact) mass is 326 g/mol. The summed E-state index contributed by atoms with van der Waals surface area (Å²) in [6, 6.07) is 14.3. The maximum absolute atomic E-state index is 5.33. The van der Waals surface area contributed by atoms with Crippen molar-refractivity contribution in [3.8, 4) is 11.3 Å². The third-order valence-electron chi connectivity index (χ3n) is 3.53. The second kappa shape index (κ2) is 10.4. The van der Waals surface area contributed by atoms with Gasteiger partial charge in [0.2, 0.25) is 0 Å². The molecule has 0 bridgehead atoms. The lowest BCUT2D eigenvalue weighted by Crippen LogP contribution is -2.37. The molecule has 5 nitrogen and oxygen atoms in total. The van der Waals surface area contributed by atoms with Gasteiger partial charge in [0.15, 0.2) is 5.96 Å². The second-order valence-corrected chi connectivity index (χ2v) is 5.32. The van der Waals surface area contributed by atoms with Gasteiger partial charge in [-0.15, -0.1) is 0 Å². The van der Waals surface area contributed by atoms with Crippen molar-refractivity contribution < 1.29 is 4.74 Å². The quantitative estimate of drug-likeness (QED) is 0.445. The molecule has 0 amide bonds. The van der Waals surface area contributed by atoms with Crippen LogP contribution in [-0.2, 0) is 11.3 Å². The molecular formula is C19H26N4O. The van der Waals surface area contributed by atoms with E-state index in [1.807, 2.05) is 31.3 Å². The number of nitrogens with one attached hydrogen (secondary N) is 2. The van der Waals surface area contributed by atoms with Gasteiger partial charge in [-0.1, -0.05) is 24.3 Å². The minimum absolute atomic E-state index is 0.714. The number of aliphatic imine (C=N–C) groups is 1. The summed E-state index contributed by atoms with van der Waals surface area (Å²) >= 11 is 0. The summed E-state index contributed by atoms with van der Waals surface area (Å²) in [5, 5.41) is 6.62. The van der Waals surface area contributed by atoms with E-state index in [9.17, 15) is 0 Å². The van der Waals surface area contributed by atoms with E-state index in [4.69, 9.17) is 4.74 Å². The van der Waals surface area contributed by atoms with Crippen molar-refractivity contribution in [2.75, 3.05) is 26.8 Å². The second-order valence-electron chi connectivity index (χ2n) is 5.32. The summed E-state index contributed by atoms with van der Waals surface area (Å²) in [6.07, 6.45) is 2.78. The van der Waals surface area contributed by atoms with Crippen LogP contribution >= 0.6 is 0 Å². The largest absolute Gasteiger partial charge is 0.382 e. The number of benzene rings is 1. The van der Waals surface area contributed by atoms with Crippen LogP contribution in [0.4, 0.5) is 0 Å². The summed E-state index contributed by atoms with van der Waals surface area (Å²) in [5.41, 5.74) is 3.29. The smallest absolute Gasteiger partial charge is 0.191 e. The molecule has 24 heavy (non-hydrogen) atoms. The first-order valence-electron chi connectivity index (χ1n) is 8.36. The van der Waals surface area contributed by atoms with E-state index in [-0.39, 0.29) is 0 Å². The van der Waals surface area contributed by atoms with Crippen LogP contribution in [0.3, 0.4) is 0 Å². The predicted molar refractivity (Wildman–Crippen MR) is 99.0 cm³/mol. The fourth-order valence-corrected chi connectivity index (χ4v) is 2.31. The van der Waals surface area contributed by atoms with Gasteiger partial charge >= 0.3 is 0 Å². The fraction of sp³-hybridized carbons (Fsp3) is 0.368. The van der Waals surface area contributed by atoms with Crippen molar-refractivity contribution in [3.63, 3.8) is 0 Å². The van der Waals surface area contributed by atoms with E-state index in [1.54, 1.807) is 7.05 Å². The maximum atomic E-state index is 5.33. The highest BCUT2D eigenvalue weighted by molar-refractivity contribution is 5.79. The van der Waals surface area contributed by atoms with Gasteiger partial charge in [-0.3, -0.25) is 9.98 Å². The van der Waals surface area contributed by atoms with Gasteiger partial charge in [-0.25, -0.2) is 0 Å². The number of aromatic nitrogens is 1. The molecular weight excluding hydrogens is 300 g/mol. The average Bonchev–Trinajstić information content (AvgIpc) is 2.65. The molecule has 1 aromatic carbocycles. The molecule has 1 aromatic heterocycles. The number of hydrogen-bond donors (Lipinski definition) is 2. The van der Waals surface area contributed by atoms with Crippen molar-refractivity contribution in [2.24, 2.45) is 4.99 Å². The van der Waals surface area contributed by atoms with Gasteiger partial charge in [0.05, 0.1) is 5.69 Å². The number of guanidine groups is 1. The van der Waals surface area contributed by atoms with Crippen LogP contribution in [0.5, 0.6) is 0 Å². The Hall–Kier alpha value is -2.40. The van der Waals surface area contributed by atoms with Crippen molar-refractivity contribution in [1.29, 1.82) is 0 Å². The average molecular weight is 326 g/mol. The van der Waals surface area contributed by atoms with E-state index >= 15 is 0 Å². The molecule has 0 aliphatic carbocycles. The minimum Gasteiger partial charge on any atom is -0.382 e. The van der Waals surface area contributed by atoms with Gasteiger partial charge in [0.1, 0.15) is 0 Å². The molecule has 0 saturated heterocycles. The summed E-state index contributed by atoms with van der Waals surface area (Å²) in [5.74, 6) is 0.801. The zero-order chi connectivity index (χ0) is 17.0. The molecule has 0 aliphatic heterocycles. The lowest BCUT2D eigenvalue weighted by atomic mass is 10.1. The molecule has 0 unspecified atom stereocenters. The molecule has 0 aliphatic rings. The number of hydrogen-bond acceptors (Lipinski definition) is 3. The number of nitrogens with zero attached hydrogens (tertiary/aromatic N) is 2. The topological polar surface area (TPSA) is 58.5 Å². The third-order valence-corrected chi connectivity index (χ3v) is 3.53. The van der Waals surface area contributed by atoms with Gasteiger partial charge in [0.25, 0.3) is 0 Å². The maximum Gasteiger partial charge on any atom is 0.191 e. The van der Waals surface area contributed by atoms with E-state index in [1.165, 1.54) is 5.56 Å². The van der Waals surface area contributed by atoms with Crippen LogP contribution in [0.2, 0.25) is 0 Å². The Morgan fingerprint density at radius 3 is 2.83 bits per heavy atom. The van der Waals surface area contributed by atoms with E-state index in [0.29, 0.717) is 6.54 Å². The Morgan fingerprint density at radius 1 is 1.17 bits per heavy atom. The Kier molecular flexibility index (Phi) is 7.77. The highest BCUT2D eigenvalue weighted by Crippen LogP contribution is 2.17. The Balaban J connectivity index is 1.85. The van der Waals surface area contributed by atoms with Gasteiger partial charge in [-0.2, -0.15) is 0 Å². The first-order chi connectivity index (χ1) is 11.8. The summed E-state index contributed by atoms with van der Waals surface area (Å²) in [6.45, 7) is 5.10. The van der Waals surface area contributed by atoms with Gasteiger partial charge in [-0.05, 0) is 37.1 Å². The standard InChI is InChI=1S/C19H26N4O/c1-3-24-13-7-12-22-19(20-2)23-15-16-8-6-9-17(14-16)18-10-4-5-11-21-18/h4-6,8-11,14H,3,7,12-13,15H2,1-2H3,(H2,20,22,23). The Morgan fingerprint density at radius 2 is 2.08 bits per heavy atom. The third kappa shape index (κ3) is 6.01. The van der Waals surface area contributed by atoms with Crippen LogP contribution in [0.25, 0.3) is 11.3 Å². The summed E-state index contributed by atoms with van der Waals surface area (Å²) in [7, 11) is 1.78. The normalized spacial score (nSPS) is 11.3. The van der Waals surface area contributed by atoms with Gasteiger partial charge < -0.3 is 15.4 Å². The zero-order valence-corrected chi connectivity index (χ0v) is 14.5. The predicted octanol–water partition coefficient (Wildman–Crippen LogP) is 2.84. The van der Waals surface area contributed by atoms with Crippen molar-refractivity contribution >= 4 is 5.96 Å². The first kappa shape index (κ1) is 17.9. The van der Waals surface area contributed by atoms with Crippen LogP contribution < -0.4 is 10.6 Å². The zero-order valence-electron chi connectivity index (χ0n) is 14.5. The SMILES string of the molecule is CCOCCCNC(=NC)NCc1cccc(-c2ccccn2)c1. The molecule has 0 radical (unpaired) electrons. The van der Waals surface area contributed by atoms with E-state index in [2.05, 4.69) is 44.9 Å². The van der Waals surface area contributed by atoms with Gasteiger partial charge in [0, 0.05) is 45.1 Å². The molecule has 1 heterocycles. The first-order valence-corrected chi connectivity index (χ1v) is 8.36. The lowest BCUT2D eigenvalue weighted by Gasteiger charge is -2.12. The molecule has 5 heteroatoms. The highest BCUT2D eigenvalue weighted by Gasteiger charge is 2.02. The van der Waals surface area contributed by atoms with Crippen molar-refractivity contribution in [1.82, 2.24) is 15.6 Å². The molecule has 0 saturated carbocycles. The van der Waals surface area contributed by atoms with Crippen LogP contribution in [0.1, 0.15) is 18.9 Å². The summed E-state index contributed by atoms with van der Waals surface area (Å²) < 4.78 is 5.33. The number of rotatable bonds is 8. The van der Waals surface area contributed by atoms with Crippen LogP contribution in [-0.4, -0.2) is 37.7 Å². The van der Waals surface area contributed by atoms with Crippen molar-refractivity contribution in [3.05, 3.63) is 54.2 Å². The Bertz CT molecular complexity index is 628. The molecule has 128 valence electrons. The number of pyridine rings is 1. The molecule has 2 rings (SSSR count). The van der Waals surface area contributed by atoms with Crippen molar-refractivity contribution in [2.45, 2.75) is 19.9 Å².